The standard InChI is InChI=1S/C16H11BrO5/c17-12-5-1-10(2-6-12)15(20)16(21)11-3-7-13(8-4-11)22-9-14(18)19/h1-8H,9H2,(H,18,19). The van der Waals surface area contributed by atoms with Gasteiger partial charge < -0.3 is 9.84 Å². The smallest absolute Gasteiger partial charge is 0.341 e. The van der Waals surface area contributed by atoms with Crippen molar-refractivity contribution in [1.29, 1.82) is 0 Å². The summed E-state index contributed by atoms with van der Waals surface area (Å²) in [5.41, 5.74) is 0.523. The summed E-state index contributed by atoms with van der Waals surface area (Å²) in [5.74, 6) is -2.01. The minimum atomic E-state index is -1.09. The van der Waals surface area contributed by atoms with E-state index in [1.807, 2.05) is 0 Å². The molecule has 2 rings (SSSR count). The van der Waals surface area contributed by atoms with Gasteiger partial charge in [0.25, 0.3) is 0 Å². The largest absolute Gasteiger partial charge is 0.482 e. The van der Waals surface area contributed by atoms with E-state index in [1.165, 1.54) is 24.3 Å². The van der Waals surface area contributed by atoms with E-state index in [0.29, 0.717) is 11.3 Å². The lowest BCUT2D eigenvalue weighted by Crippen LogP contribution is -2.14. The zero-order chi connectivity index (χ0) is 16.1. The third kappa shape index (κ3) is 4.02. The van der Waals surface area contributed by atoms with Crippen molar-refractivity contribution in [1.82, 2.24) is 0 Å². The molecule has 0 radical (unpaired) electrons. The first-order valence-corrected chi connectivity index (χ1v) is 7.06. The van der Waals surface area contributed by atoms with Crippen molar-refractivity contribution in [2.45, 2.75) is 0 Å². The van der Waals surface area contributed by atoms with Crippen LogP contribution in [0.15, 0.2) is 53.0 Å². The molecule has 0 bridgehead atoms. The molecule has 0 amide bonds. The average molecular weight is 363 g/mol. The van der Waals surface area contributed by atoms with Crippen LogP contribution in [0.3, 0.4) is 0 Å². The third-order valence-corrected chi connectivity index (χ3v) is 3.32. The van der Waals surface area contributed by atoms with E-state index in [9.17, 15) is 14.4 Å². The maximum Gasteiger partial charge on any atom is 0.341 e. The average Bonchev–Trinajstić information content (AvgIpc) is 2.53. The maximum absolute atomic E-state index is 12.1. The maximum atomic E-state index is 12.1. The van der Waals surface area contributed by atoms with E-state index in [-0.39, 0.29) is 5.56 Å². The van der Waals surface area contributed by atoms with Crippen molar-refractivity contribution >= 4 is 33.5 Å². The van der Waals surface area contributed by atoms with Crippen LogP contribution >= 0.6 is 15.9 Å². The van der Waals surface area contributed by atoms with Gasteiger partial charge in [0.15, 0.2) is 6.61 Å². The summed E-state index contributed by atoms with van der Waals surface area (Å²) in [7, 11) is 0. The van der Waals surface area contributed by atoms with Crippen LogP contribution in [0.2, 0.25) is 0 Å². The van der Waals surface area contributed by atoms with Crippen molar-refractivity contribution in [2.24, 2.45) is 0 Å². The van der Waals surface area contributed by atoms with Crippen LogP contribution in [0.4, 0.5) is 0 Å². The molecule has 0 saturated carbocycles. The number of hydrogen-bond donors (Lipinski definition) is 1. The van der Waals surface area contributed by atoms with Gasteiger partial charge in [0.05, 0.1) is 0 Å². The number of carboxylic acid groups (broad SMARTS) is 1. The molecule has 112 valence electrons. The van der Waals surface area contributed by atoms with E-state index < -0.39 is 24.1 Å². The molecular formula is C16H11BrO5. The minimum Gasteiger partial charge on any atom is -0.482 e. The van der Waals surface area contributed by atoms with E-state index in [0.717, 1.165) is 4.47 Å². The number of carbonyl (C=O) groups is 3. The lowest BCUT2D eigenvalue weighted by Gasteiger charge is -2.04. The number of halogens is 1. The van der Waals surface area contributed by atoms with Crippen LogP contribution in [0.1, 0.15) is 20.7 Å². The number of aliphatic carboxylic acids is 1. The van der Waals surface area contributed by atoms with Gasteiger partial charge >= 0.3 is 5.97 Å². The molecule has 5 nitrogen and oxygen atoms in total. The van der Waals surface area contributed by atoms with E-state index in [4.69, 9.17) is 9.84 Å². The first kappa shape index (κ1) is 15.9. The highest BCUT2D eigenvalue weighted by atomic mass is 79.9. The molecule has 22 heavy (non-hydrogen) atoms. The van der Waals surface area contributed by atoms with Crippen LogP contribution in [0.5, 0.6) is 5.75 Å². The molecule has 2 aromatic carbocycles. The summed E-state index contributed by atoms with van der Waals surface area (Å²) in [6.07, 6.45) is 0. The highest BCUT2D eigenvalue weighted by molar-refractivity contribution is 9.10. The molecule has 0 fully saturated rings. The zero-order valence-corrected chi connectivity index (χ0v) is 12.9. The van der Waals surface area contributed by atoms with Gasteiger partial charge in [-0.2, -0.15) is 0 Å². The summed E-state index contributed by atoms with van der Waals surface area (Å²) in [4.78, 5) is 34.6. The first-order valence-electron chi connectivity index (χ1n) is 6.26. The Hall–Kier alpha value is -2.47. The predicted molar refractivity (Wildman–Crippen MR) is 82.4 cm³/mol. The minimum absolute atomic E-state index is 0.218. The molecule has 1 N–H and O–H groups in total. The van der Waals surface area contributed by atoms with Gasteiger partial charge in [-0.1, -0.05) is 15.9 Å². The fraction of sp³-hybridized carbons (Fsp3) is 0.0625. The monoisotopic (exact) mass is 362 g/mol. The molecule has 0 aromatic heterocycles. The van der Waals surface area contributed by atoms with Crippen LogP contribution in [0, 0.1) is 0 Å². The second kappa shape index (κ2) is 7.00. The fourth-order valence-corrected chi connectivity index (χ4v) is 1.98. The molecule has 0 unspecified atom stereocenters. The molecule has 0 saturated heterocycles. The van der Waals surface area contributed by atoms with Gasteiger partial charge in [-0.15, -0.1) is 0 Å². The number of ketones is 2. The summed E-state index contributed by atoms with van der Waals surface area (Å²) in [6.45, 7) is -0.467. The summed E-state index contributed by atoms with van der Waals surface area (Å²) in [6, 6.07) is 12.2. The highest BCUT2D eigenvalue weighted by Gasteiger charge is 2.18. The molecule has 0 spiro atoms. The van der Waals surface area contributed by atoms with Crippen molar-refractivity contribution in [3.8, 4) is 5.75 Å². The van der Waals surface area contributed by atoms with Crippen molar-refractivity contribution in [3.05, 3.63) is 64.1 Å². The van der Waals surface area contributed by atoms with Gasteiger partial charge in [-0.25, -0.2) is 4.79 Å². The van der Waals surface area contributed by atoms with Crippen LogP contribution in [-0.4, -0.2) is 29.2 Å². The van der Waals surface area contributed by atoms with Gasteiger partial charge in [0.1, 0.15) is 5.75 Å². The van der Waals surface area contributed by atoms with Gasteiger partial charge in [0.2, 0.25) is 11.6 Å². The number of Topliss-reactive ketones (excluding diaryl/α,β-unsaturated/α-hetero) is 2. The van der Waals surface area contributed by atoms with Crippen LogP contribution in [-0.2, 0) is 4.79 Å². The summed E-state index contributed by atoms with van der Waals surface area (Å²) < 4.78 is 5.78. The topological polar surface area (TPSA) is 80.7 Å². The van der Waals surface area contributed by atoms with Crippen molar-refractivity contribution < 1.29 is 24.2 Å². The van der Waals surface area contributed by atoms with Gasteiger partial charge in [0, 0.05) is 15.6 Å². The Kier molecular flexibility index (Phi) is 5.06. The van der Waals surface area contributed by atoms with Gasteiger partial charge in [-0.3, -0.25) is 9.59 Å². The number of carboxylic acids is 1. The number of carbonyl (C=O) groups excluding carboxylic acids is 2. The SMILES string of the molecule is O=C(O)COc1ccc(C(=O)C(=O)c2ccc(Br)cc2)cc1. The van der Waals surface area contributed by atoms with E-state index in [1.54, 1.807) is 24.3 Å². The second-order valence-electron chi connectivity index (χ2n) is 4.37. The second-order valence-corrected chi connectivity index (χ2v) is 5.29. The molecule has 0 aliphatic carbocycles. The number of benzene rings is 2. The number of hydrogen-bond acceptors (Lipinski definition) is 4. The van der Waals surface area contributed by atoms with Crippen LogP contribution < -0.4 is 4.74 Å². The van der Waals surface area contributed by atoms with E-state index in [2.05, 4.69) is 15.9 Å². The lowest BCUT2D eigenvalue weighted by atomic mass is 10.0. The summed E-state index contributed by atoms with van der Waals surface area (Å²) >= 11 is 3.26. The Balaban J connectivity index is 2.10. The third-order valence-electron chi connectivity index (χ3n) is 2.79. The number of rotatable bonds is 6. The van der Waals surface area contributed by atoms with E-state index >= 15 is 0 Å². The molecule has 0 heterocycles. The Labute approximate surface area is 134 Å². The highest BCUT2D eigenvalue weighted by Crippen LogP contribution is 2.16. The quantitative estimate of drug-likeness (QED) is 0.631. The summed E-state index contributed by atoms with van der Waals surface area (Å²) in [5, 5.41) is 8.51. The Morgan fingerprint density at radius 2 is 1.32 bits per heavy atom. The Bertz CT molecular complexity index is 704. The van der Waals surface area contributed by atoms with Gasteiger partial charge in [-0.05, 0) is 48.5 Å². The fourth-order valence-electron chi connectivity index (χ4n) is 1.71. The molecule has 2 aromatic rings. The molecule has 0 aliphatic heterocycles. The van der Waals surface area contributed by atoms with Crippen molar-refractivity contribution in [2.75, 3.05) is 6.61 Å². The molecule has 0 atom stereocenters. The Morgan fingerprint density at radius 1 is 0.864 bits per heavy atom. The Morgan fingerprint density at radius 3 is 1.77 bits per heavy atom. The molecule has 6 heteroatoms. The molecular weight excluding hydrogens is 352 g/mol. The van der Waals surface area contributed by atoms with Crippen molar-refractivity contribution in [3.63, 3.8) is 0 Å². The lowest BCUT2D eigenvalue weighted by molar-refractivity contribution is -0.139. The normalized spacial score (nSPS) is 10.0. The zero-order valence-electron chi connectivity index (χ0n) is 11.3. The van der Waals surface area contributed by atoms with Crippen LogP contribution in [0.25, 0.3) is 0 Å². The predicted octanol–water partition coefficient (Wildman–Crippen LogP) is 2.98. The number of ether oxygens (including phenoxy) is 1. The molecule has 0 aliphatic rings. The first-order chi connectivity index (χ1) is 10.5.